The Kier molecular flexibility index (Phi) is 6.93. The zero-order valence-electron chi connectivity index (χ0n) is 19.5. The minimum absolute atomic E-state index is 0.0136. The van der Waals surface area contributed by atoms with E-state index < -0.39 is 15.8 Å². The molecule has 1 saturated heterocycles. The Labute approximate surface area is 200 Å². The molecular formula is C25H30FN3O4S. The number of amides is 2. The van der Waals surface area contributed by atoms with Crippen LogP contribution >= 0.6 is 0 Å². The molecule has 0 bridgehead atoms. The van der Waals surface area contributed by atoms with E-state index in [1.165, 1.54) is 18.2 Å². The molecule has 7 nitrogen and oxygen atoms in total. The number of likely N-dealkylation sites (tertiary alicyclic amines) is 1. The summed E-state index contributed by atoms with van der Waals surface area (Å²) in [4.78, 5) is 28.8. The van der Waals surface area contributed by atoms with E-state index in [4.69, 9.17) is 0 Å². The summed E-state index contributed by atoms with van der Waals surface area (Å²) in [6.45, 7) is 5.74. The number of fused-ring (bicyclic) bond motifs is 1. The van der Waals surface area contributed by atoms with Gasteiger partial charge in [-0.1, -0.05) is 13.0 Å². The van der Waals surface area contributed by atoms with E-state index in [9.17, 15) is 22.4 Å². The highest BCUT2D eigenvalue weighted by Crippen LogP contribution is 2.31. The fourth-order valence-electron chi connectivity index (χ4n) is 4.44. The van der Waals surface area contributed by atoms with Crippen molar-refractivity contribution in [1.82, 2.24) is 4.90 Å². The van der Waals surface area contributed by atoms with Gasteiger partial charge in [0.15, 0.2) is 0 Å². The van der Waals surface area contributed by atoms with E-state index in [-0.39, 0.29) is 35.2 Å². The molecule has 182 valence electrons. The third-order valence-corrected chi connectivity index (χ3v) is 8.05. The molecule has 2 aliphatic heterocycles. The number of rotatable bonds is 6. The SMILES string of the molecule is Cc1ccc(NS(=O)(=O)c2ccc3c(c2)CCN3C(=O)CCC(=O)N2CCC(C)CC2)cc1F. The van der Waals surface area contributed by atoms with E-state index >= 15 is 0 Å². The molecule has 0 atom stereocenters. The van der Waals surface area contributed by atoms with Gasteiger partial charge in [0.1, 0.15) is 5.82 Å². The Bertz CT molecular complexity index is 1210. The summed E-state index contributed by atoms with van der Waals surface area (Å²) >= 11 is 0. The van der Waals surface area contributed by atoms with Crippen molar-refractivity contribution >= 4 is 33.2 Å². The van der Waals surface area contributed by atoms with Crippen LogP contribution in [-0.4, -0.2) is 44.8 Å². The molecule has 0 spiro atoms. The first-order chi connectivity index (χ1) is 16.1. The second kappa shape index (κ2) is 9.74. The lowest BCUT2D eigenvalue weighted by Gasteiger charge is -2.30. The van der Waals surface area contributed by atoms with Gasteiger partial charge in [-0.25, -0.2) is 12.8 Å². The van der Waals surface area contributed by atoms with E-state index in [1.54, 1.807) is 24.0 Å². The molecule has 2 amide bonds. The summed E-state index contributed by atoms with van der Waals surface area (Å²) in [6, 6.07) is 8.78. The number of piperidine rings is 1. The van der Waals surface area contributed by atoms with Crippen molar-refractivity contribution in [2.24, 2.45) is 5.92 Å². The van der Waals surface area contributed by atoms with Gasteiger partial charge in [0.25, 0.3) is 10.0 Å². The summed E-state index contributed by atoms with van der Waals surface area (Å²) in [5, 5.41) is 0. The number of carbonyl (C=O) groups excluding carboxylic acids is 2. The first-order valence-electron chi connectivity index (χ1n) is 11.6. The molecule has 0 radical (unpaired) electrons. The van der Waals surface area contributed by atoms with Crippen LogP contribution in [0, 0.1) is 18.7 Å². The summed E-state index contributed by atoms with van der Waals surface area (Å²) in [5.74, 6) is 0.0199. The largest absolute Gasteiger partial charge is 0.343 e. The Morgan fingerprint density at radius 1 is 1.03 bits per heavy atom. The molecule has 0 saturated carbocycles. The predicted octanol–water partition coefficient (Wildman–Crippen LogP) is 3.86. The van der Waals surface area contributed by atoms with Crippen molar-refractivity contribution in [3.05, 3.63) is 53.3 Å². The zero-order chi connectivity index (χ0) is 24.5. The maximum absolute atomic E-state index is 13.8. The zero-order valence-corrected chi connectivity index (χ0v) is 20.3. The number of hydrogen-bond acceptors (Lipinski definition) is 4. The van der Waals surface area contributed by atoms with Gasteiger partial charge in [-0.15, -0.1) is 0 Å². The van der Waals surface area contributed by atoms with E-state index in [1.807, 2.05) is 4.90 Å². The van der Waals surface area contributed by atoms with E-state index in [0.29, 0.717) is 30.1 Å². The average molecular weight is 488 g/mol. The summed E-state index contributed by atoms with van der Waals surface area (Å²) in [5.41, 5.74) is 2.00. The first kappa shape index (κ1) is 24.2. The number of nitrogens with one attached hydrogen (secondary N) is 1. The smallest absolute Gasteiger partial charge is 0.261 e. The van der Waals surface area contributed by atoms with Crippen molar-refractivity contribution in [3.8, 4) is 0 Å². The van der Waals surface area contributed by atoms with Gasteiger partial charge in [0, 0.05) is 38.2 Å². The highest BCUT2D eigenvalue weighted by molar-refractivity contribution is 7.92. The third-order valence-electron chi connectivity index (χ3n) is 6.67. The minimum Gasteiger partial charge on any atom is -0.343 e. The Morgan fingerprint density at radius 2 is 1.74 bits per heavy atom. The fourth-order valence-corrected chi connectivity index (χ4v) is 5.54. The molecule has 2 aromatic rings. The number of sulfonamides is 1. The third kappa shape index (κ3) is 5.24. The number of halogens is 1. The molecule has 0 aliphatic carbocycles. The van der Waals surface area contributed by atoms with Crippen molar-refractivity contribution in [1.29, 1.82) is 0 Å². The summed E-state index contributed by atoms with van der Waals surface area (Å²) in [7, 11) is -3.91. The lowest BCUT2D eigenvalue weighted by atomic mass is 9.99. The Morgan fingerprint density at radius 3 is 2.44 bits per heavy atom. The van der Waals surface area contributed by atoms with Crippen LogP contribution in [0.1, 0.15) is 43.7 Å². The number of aryl methyl sites for hydroxylation is 1. The lowest BCUT2D eigenvalue weighted by Crippen LogP contribution is -2.38. The van der Waals surface area contributed by atoms with Crippen LogP contribution < -0.4 is 9.62 Å². The van der Waals surface area contributed by atoms with Crippen molar-refractivity contribution in [3.63, 3.8) is 0 Å². The van der Waals surface area contributed by atoms with Crippen LogP contribution in [0.4, 0.5) is 15.8 Å². The molecule has 2 aromatic carbocycles. The fraction of sp³-hybridized carbons (Fsp3) is 0.440. The predicted molar refractivity (Wildman–Crippen MR) is 129 cm³/mol. The Balaban J connectivity index is 1.40. The van der Waals surface area contributed by atoms with Crippen LogP contribution in [0.3, 0.4) is 0 Å². The van der Waals surface area contributed by atoms with Gasteiger partial charge < -0.3 is 9.80 Å². The van der Waals surface area contributed by atoms with Crippen LogP contribution in [-0.2, 0) is 26.0 Å². The maximum Gasteiger partial charge on any atom is 0.261 e. The minimum atomic E-state index is -3.91. The number of carbonyl (C=O) groups is 2. The second-order valence-corrected chi connectivity index (χ2v) is 10.9. The quantitative estimate of drug-likeness (QED) is 0.670. The molecule has 4 rings (SSSR count). The molecule has 2 aliphatic rings. The van der Waals surface area contributed by atoms with Crippen molar-refractivity contribution in [2.75, 3.05) is 29.3 Å². The van der Waals surface area contributed by atoms with E-state index in [0.717, 1.165) is 37.6 Å². The molecule has 0 unspecified atom stereocenters. The van der Waals surface area contributed by atoms with Crippen molar-refractivity contribution < 1.29 is 22.4 Å². The molecular weight excluding hydrogens is 457 g/mol. The van der Waals surface area contributed by atoms with Crippen LogP contribution in [0.2, 0.25) is 0 Å². The van der Waals surface area contributed by atoms with Gasteiger partial charge in [-0.3, -0.25) is 14.3 Å². The standard InChI is InChI=1S/C25H30FN3O4S/c1-17-9-12-28(13-10-17)24(30)7-8-25(31)29-14-11-19-15-21(5-6-23(19)29)34(32,33)27-20-4-3-18(2)22(26)16-20/h3-6,15-17,27H,7-14H2,1-2H3. The highest BCUT2D eigenvalue weighted by Gasteiger charge is 2.28. The van der Waals surface area contributed by atoms with E-state index in [2.05, 4.69) is 11.6 Å². The lowest BCUT2D eigenvalue weighted by molar-refractivity contribution is -0.134. The van der Waals surface area contributed by atoms with Gasteiger partial charge in [0.2, 0.25) is 11.8 Å². The first-order valence-corrected chi connectivity index (χ1v) is 13.1. The monoisotopic (exact) mass is 487 g/mol. The maximum atomic E-state index is 13.8. The molecule has 34 heavy (non-hydrogen) atoms. The highest BCUT2D eigenvalue weighted by atomic mass is 32.2. The molecule has 2 heterocycles. The van der Waals surface area contributed by atoms with Gasteiger partial charge >= 0.3 is 0 Å². The number of benzene rings is 2. The molecule has 9 heteroatoms. The average Bonchev–Trinajstić information content (AvgIpc) is 3.23. The summed E-state index contributed by atoms with van der Waals surface area (Å²) < 4.78 is 41.8. The van der Waals surface area contributed by atoms with Crippen LogP contribution in [0.25, 0.3) is 0 Å². The molecule has 1 N–H and O–H groups in total. The van der Waals surface area contributed by atoms with Gasteiger partial charge in [-0.2, -0.15) is 0 Å². The molecule has 0 aromatic heterocycles. The van der Waals surface area contributed by atoms with Gasteiger partial charge in [0.05, 0.1) is 10.6 Å². The number of anilines is 2. The van der Waals surface area contributed by atoms with Crippen LogP contribution in [0.15, 0.2) is 41.3 Å². The van der Waals surface area contributed by atoms with Crippen LogP contribution in [0.5, 0.6) is 0 Å². The van der Waals surface area contributed by atoms with Gasteiger partial charge in [-0.05, 0) is 73.6 Å². The Hall–Kier alpha value is -2.94. The van der Waals surface area contributed by atoms with Crippen molar-refractivity contribution in [2.45, 2.75) is 50.8 Å². The topological polar surface area (TPSA) is 86.8 Å². The summed E-state index contributed by atoms with van der Waals surface area (Å²) in [6.07, 6.45) is 2.84. The second-order valence-electron chi connectivity index (χ2n) is 9.22. The number of hydrogen-bond donors (Lipinski definition) is 1. The normalized spacial score (nSPS) is 16.4. The number of nitrogens with zero attached hydrogens (tertiary/aromatic N) is 2. The molecule has 1 fully saturated rings.